The Bertz CT molecular complexity index is 1570. The van der Waals surface area contributed by atoms with E-state index in [9.17, 15) is 14.9 Å². The molecule has 12 heteroatoms. The highest BCUT2D eigenvalue weighted by Crippen LogP contribution is 2.47. The third-order valence-electron chi connectivity index (χ3n) is 6.43. The van der Waals surface area contributed by atoms with Gasteiger partial charge in [0.25, 0.3) is 0 Å². The first-order valence-corrected chi connectivity index (χ1v) is 14.6. The van der Waals surface area contributed by atoms with Crippen molar-refractivity contribution in [1.82, 2.24) is 10.2 Å². The molecule has 1 amide bonds. The molecular formula is C27H22Cl2N6O2S2. The third-order valence-corrected chi connectivity index (χ3v) is 9.10. The van der Waals surface area contributed by atoms with E-state index < -0.39 is 5.92 Å². The van der Waals surface area contributed by atoms with Gasteiger partial charge in [0, 0.05) is 17.7 Å². The molecule has 39 heavy (non-hydrogen) atoms. The summed E-state index contributed by atoms with van der Waals surface area (Å²) in [6.45, 7) is 1.97. The van der Waals surface area contributed by atoms with Gasteiger partial charge < -0.3 is 11.1 Å². The summed E-state index contributed by atoms with van der Waals surface area (Å²) >= 11 is 14.7. The molecule has 1 aliphatic heterocycles. The zero-order valence-corrected chi connectivity index (χ0v) is 23.8. The minimum atomic E-state index is -0.531. The first-order chi connectivity index (χ1) is 18.8. The normalized spacial score (nSPS) is 17.2. The number of anilines is 2. The molecule has 1 unspecified atom stereocenters. The van der Waals surface area contributed by atoms with E-state index in [-0.39, 0.29) is 23.3 Å². The molecule has 198 valence electrons. The van der Waals surface area contributed by atoms with Crippen LogP contribution in [0, 0.1) is 18.3 Å². The van der Waals surface area contributed by atoms with Gasteiger partial charge in [0.05, 0.1) is 39.0 Å². The van der Waals surface area contributed by atoms with Crippen LogP contribution in [0.5, 0.6) is 0 Å². The number of aromatic nitrogens is 2. The molecule has 3 N–H and O–H groups in total. The Labute approximate surface area is 243 Å². The van der Waals surface area contributed by atoms with E-state index in [1.165, 1.54) is 23.1 Å². The van der Waals surface area contributed by atoms with Crippen molar-refractivity contribution in [3.63, 3.8) is 0 Å². The number of nitrogens with zero attached hydrogens (tertiary/aromatic N) is 4. The molecule has 2 aromatic carbocycles. The maximum atomic E-state index is 13.3. The maximum absolute atomic E-state index is 13.3. The first-order valence-electron chi connectivity index (χ1n) is 12.0. The van der Waals surface area contributed by atoms with E-state index in [2.05, 4.69) is 21.6 Å². The fourth-order valence-corrected chi connectivity index (χ4v) is 6.93. The highest BCUT2D eigenvalue weighted by Gasteiger charge is 2.41. The molecular weight excluding hydrogens is 575 g/mol. The summed E-state index contributed by atoms with van der Waals surface area (Å²) in [5, 5.41) is 22.5. The molecule has 2 aliphatic rings. The number of halogens is 2. The fraction of sp³-hybridized carbons (Fsp3) is 0.222. The van der Waals surface area contributed by atoms with Crippen LogP contribution < -0.4 is 16.0 Å². The van der Waals surface area contributed by atoms with E-state index >= 15 is 0 Å². The molecule has 2 heterocycles. The molecule has 0 saturated heterocycles. The molecule has 0 saturated carbocycles. The molecule has 0 fully saturated rings. The van der Waals surface area contributed by atoms with Gasteiger partial charge in [-0.15, -0.1) is 10.2 Å². The van der Waals surface area contributed by atoms with Gasteiger partial charge >= 0.3 is 0 Å². The molecule has 0 spiro atoms. The number of Topliss-reactive ketones (excluding diaryl/α,β-unsaturated/α-hetero) is 1. The first kappa shape index (κ1) is 27.2. The van der Waals surface area contributed by atoms with Crippen molar-refractivity contribution in [2.75, 3.05) is 16.0 Å². The number of nitrogens with two attached hydrogens (primary N) is 1. The average Bonchev–Trinajstić information content (AvgIpc) is 3.37. The number of allylic oxidation sites excluding steroid dienone is 3. The van der Waals surface area contributed by atoms with Crippen LogP contribution in [-0.4, -0.2) is 27.6 Å². The maximum Gasteiger partial charge on any atom is 0.234 e. The second-order valence-electron chi connectivity index (χ2n) is 9.01. The Kier molecular flexibility index (Phi) is 7.96. The molecule has 0 bridgehead atoms. The van der Waals surface area contributed by atoms with Crippen molar-refractivity contribution < 1.29 is 9.59 Å². The molecule has 1 aromatic heterocycles. The largest absolute Gasteiger partial charge is 0.384 e. The van der Waals surface area contributed by atoms with Gasteiger partial charge in [0.2, 0.25) is 11.0 Å². The van der Waals surface area contributed by atoms with Gasteiger partial charge in [0.1, 0.15) is 5.82 Å². The van der Waals surface area contributed by atoms with Gasteiger partial charge in [-0.25, -0.2) is 0 Å². The second kappa shape index (κ2) is 11.4. The summed E-state index contributed by atoms with van der Waals surface area (Å²) in [7, 11) is 0. The number of para-hydroxylation sites is 1. The number of hydrogen-bond acceptors (Lipinski definition) is 9. The summed E-state index contributed by atoms with van der Waals surface area (Å²) in [5.74, 6) is -0.554. The Hall–Kier alpha value is -3.36. The average molecular weight is 598 g/mol. The Balaban J connectivity index is 1.42. The number of rotatable bonds is 6. The summed E-state index contributed by atoms with van der Waals surface area (Å²) < 4.78 is 0.529. The van der Waals surface area contributed by atoms with Crippen molar-refractivity contribution in [2.45, 2.75) is 36.4 Å². The SMILES string of the molecule is Cc1cccc(C2C(C#N)=C(N)N(c3nnc(SCC(=O)Nc4c(Cl)cccc4Cl)s3)C3=C2C(=O)CCC3)c1. The number of hydrogen-bond donors (Lipinski definition) is 2. The van der Waals surface area contributed by atoms with Crippen LogP contribution in [0.15, 0.2) is 69.5 Å². The summed E-state index contributed by atoms with van der Waals surface area (Å²) in [4.78, 5) is 27.5. The van der Waals surface area contributed by atoms with Crippen molar-refractivity contribution in [3.05, 3.63) is 86.3 Å². The molecule has 1 atom stereocenters. The monoisotopic (exact) mass is 596 g/mol. The lowest BCUT2D eigenvalue weighted by atomic mass is 9.75. The quantitative estimate of drug-likeness (QED) is 0.323. The van der Waals surface area contributed by atoms with Crippen LogP contribution in [0.1, 0.15) is 36.3 Å². The molecule has 5 rings (SSSR count). The number of carbonyl (C=O) groups is 2. The van der Waals surface area contributed by atoms with Crippen LogP contribution in [-0.2, 0) is 9.59 Å². The third kappa shape index (κ3) is 5.40. The lowest BCUT2D eigenvalue weighted by molar-refractivity contribution is -0.116. The Morgan fingerprint density at radius 2 is 1.97 bits per heavy atom. The van der Waals surface area contributed by atoms with Crippen molar-refractivity contribution >= 4 is 68.8 Å². The zero-order valence-electron chi connectivity index (χ0n) is 20.7. The number of carbonyl (C=O) groups excluding carboxylic acids is 2. The molecule has 0 radical (unpaired) electrons. The van der Waals surface area contributed by atoms with Crippen molar-refractivity contribution in [3.8, 4) is 6.07 Å². The van der Waals surface area contributed by atoms with Crippen LogP contribution >= 0.6 is 46.3 Å². The van der Waals surface area contributed by atoms with E-state index in [0.29, 0.717) is 55.6 Å². The molecule has 8 nitrogen and oxygen atoms in total. The van der Waals surface area contributed by atoms with Crippen LogP contribution in [0.2, 0.25) is 10.0 Å². The minimum Gasteiger partial charge on any atom is -0.384 e. The van der Waals surface area contributed by atoms with Crippen molar-refractivity contribution in [2.24, 2.45) is 5.73 Å². The number of amides is 1. The van der Waals surface area contributed by atoms with Gasteiger partial charge in [-0.3, -0.25) is 14.5 Å². The summed E-state index contributed by atoms with van der Waals surface area (Å²) in [5.41, 5.74) is 10.5. The standard InChI is InChI=1S/C27H22Cl2N6O2S2/c1-14-5-2-6-15(11-14)22-16(12-30)25(31)35(19-9-4-10-20(36)23(19)22)26-33-34-27(39-26)38-13-21(37)32-24-17(28)7-3-8-18(24)29/h2-3,5-8,11,22H,4,9-10,13,31H2,1H3,(H,32,37). The lowest BCUT2D eigenvalue weighted by Crippen LogP contribution is -2.38. The van der Waals surface area contributed by atoms with Crippen LogP contribution in [0.3, 0.4) is 0 Å². The summed E-state index contributed by atoms with van der Waals surface area (Å²) in [6.07, 6.45) is 1.70. The number of nitrogens with one attached hydrogen (secondary N) is 1. The Morgan fingerprint density at radius 3 is 2.69 bits per heavy atom. The number of nitriles is 1. The smallest absolute Gasteiger partial charge is 0.234 e. The fourth-order valence-electron chi connectivity index (χ4n) is 4.76. The van der Waals surface area contributed by atoms with E-state index in [1.807, 2.05) is 31.2 Å². The predicted molar refractivity (Wildman–Crippen MR) is 155 cm³/mol. The highest BCUT2D eigenvalue weighted by atomic mass is 35.5. The van der Waals surface area contributed by atoms with Crippen LogP contribution in [0.25, 0.3) is 0 Å². The predicted octanol–water partition coefficient (Wildman–Crippen LogP) is 6.19. The van der Waals surface area contributed by atoms with Gasteiger partial charge in [0.15, 0.2) is 10.1 Å². The number of ketones is 1. The van der Waals surface area contributed by atoms with Gasteiger partial charge in [-0.1, -0.05) is 82.2 Å². The Morgan fingerprint density at radius 1 is 1.23 bits per heavy atom. The van der Waals surface area contributed by atoms with E-state index in [4.69, 9.17) is 28.9 Å². The van der Waals surface area contributed by atoms with E-state index in [1.54, 1.807) is 23.1 Å². The van der Waals surface area contributed by atoms with Crippen LogP contribution in [0.4, 0.5) is 10.8 Å². The number of thioether (sulfide) groups is 1. The lowest BCUT2D eigenvalue weighted by Gasteiger charge is -2.38. The minimum absolute atomic E-state index is 0.00187. The highest BCUT2D eigenvalue weighted by molar-refractivity contribution is 8.01. The topological polar surface area (TPSA) is 125 Å². The van der Waals surface area contributed by atoms with Crippen molar-refractivity contribution in [1.29, 1.82) is 5.26 Å². The number of benzene rings is 2. The van der Waals surface area contributed by atoms with Gasteiger partial charge in [-0.2, -0.15) is 5.26 Å². The number of aryl methyl sites for hydroxylation is 1. The summed E-state index contributed by atoms with van der Waals surface area (Å²) in [6, 6.07) is 15.0. The van der Waals surface area contributed by atoms with E-state index in [0.717, 1.165) is 16.8 Å². The second-order valence-corrected chi connectivity index (χ2v) is 12.0. The zero-order chi connectivity index (χ0) is 27.7. The molecule has 3 aromatic rings. The van der Waals surface area contributed by atoms with Gasteiger partial charge in [-0.05, 0) is 37.5 Å². The molecule has 1 aliphatic carbocycles.